The fraction of sp³-hybridized carbons (Fsp3) is 0.524. The first-order valence-corrected chi connectivity index (χ1v) is 12.5. The van der Waals surface area contributed by atoms with E-state index in [2.05, 4.69) is 69.0 Å². The second-order valence-electron chi connectivity index (χ2n) is 7.50. The minimum Gasteiger partial charge on any atom is -0.411 e. The summed E-state index contributed by atoms with van der Waals surface area (Å²) in [6.45, 7) is 9.04. The summed E-state index contributed by atoms with van der Waals surface area (Å²) in [4.78, 5) is 0. The van der Waals surface area contributed by atoms with Gasteiger partial charge in [0.1, 0.15) is 0 Å². The molecule has 0 aromatic heterocycles. The van der Waals surface area contributed by atoms with Gasteiger partial charge in [-0.1, -0.05) is 48.9 Å². The van der Waals surface area contributed by atoms with Gasteiger partial charge in [0.15, 0.2) is 8.32 Å². The molecule has 0 radical (unpaired) electrons. The van der Waals surface area contributed by atoms with E-state index in [1.165, 1.54) is 36.8 Å². The molecule has 0 heterocycles. The monoisotopic (exact) mass is 328 g/mol. The molecular formula is C21H32OSi. The van der Waals surface area contributed by atoms with Crippen molar-refractivity contribution in [2.75, 3.05) is 0 Å². The number of hydrogen-bond donors (Lipinski definition) is 0. The summed E-state index contributed by atoms with van der Waals surface area (Å²) < 4.78 is 6.52. The minimum atomic E-state index is -1.50. The van der Waals surface area contributed by atoms with E-state index < -0.39 is 8.32 Å². The predicted octanol–water partition coefficient (Wildman–Crippen LogP) is 6.29. The molecule has 1 fully saturated rings. The number of hydrogen-bond acceptors (Lipinski definition) is 1. The van der Waals surface area contributed by atoms with Gasteiger partial charge in [-0.25, -0.2) is 0 Å². The van der Waals surface area contributed by atoms with Crippen LogP contribution in [0.2, 0.25) is 19.6 Å². The topological polar surface area (TPSA) is 9.23 Å². The molecule has 0 spiro atoms. The molecule has 1 aliphatic carbocycles. The van der Waals surface area contributed by atoms with Gasteiger partial charge < -0.3 is 4.43 Å². The lowest BCUT2D eigenvalue weighted by Gasteiger charge is -2.33. The maximum atomic E-state index is 6.52. The van der Waals surface area contributed by atoms with Crippen molar-refractivity contribution in [3.63, 3.8) is 0 Å². The zero-order valence-electron chi connectivity index (χ0n) is 15.3. The lowest BCUT2D eigenvalue weighted by atomic mass is 9.86. The molecule has 23 heavy (non-hydrogen) atoms. The van der Waals surface area contributed by atoms with Crippen LogP contribution >= 0.6 is 0 Å². The molecule has 0 aliphatic heterocycles. The molecule has 1 aromatic rings. The normalized spacial score (nSPS) is 21.7. The standard InChI is InChI=1S/C21H32OSi/c1-5-11-19(17-16-18-12-7-6-8-13-18)20-14-9-10-15-21(20)22-23(2,3)4/h5-8,11-13,21H,9-10,14-17H2,1-4H3/b11-5-,20-19+. The van der Waals surface area contributed by atoms with Gasteiger partial charge in [0.25, 0.3) is 0 Å². The second-order valence-corrected chi connectivity index (χ2v) is 12.0. The summed E-state index contributed by atoms with van der Waals surface area (Å²) in [6, 6.07) is 10.8. The summed E-state index contributed by atoms with van der Waals surface area (Å²) in [5, 5.41) is 0. The Morgan fingerprint density at radius 2 is 1.91 bits per heavy atom. The van der Waals surface area contributed by atoms with Crippen molar-refractivity contribution < 1.29 is 4.43 Å². The third-order valence-electron chi connectivity index (χ3n) is 4.35. The van der Waals surface area contributed by atoms with Gasteiger partial charge in [-0.3, -0.25) is 0 Å². The first-order valence-electron chi connectivity index (χ1n) is 9.06. The Kier molecular flexibility index (Phi) is 6.85. The molecule has 2 heteroatoms. The van der Waals surface area contributed by atoms with Crippen LogP contribution in [0.3, 0.4) is 0 Å². The van der Waals surface area contributed by atoms with Gasteiger partial charge >= 0.3 is 0 Å². The second kappa shape index (κ2) is 8.65. The van der Waals surface area contributed by atoms with E-state index in [9.17, 15) is 0 Å². The third kappa shape index (κ3) is 6.12. The highest BCUT2D eigenvalue weighted by Gasteiger charge is 2.27. The van der Waals surface area contributed by atoms with Crippen molar-refractivity contribution in [3.05, 3.63) is 59.2 Å². The van der Waals surface area contributed by atoms with Crippen LogP contribution in [0.15, 0.2) is 53.6 Å². The van der Waals surface area contributed by atoms with E-state index in [4.69, 9.17) is 4.43 Å². The lowest BCUT2D eigenvalue weighted by Crippen LogP contribution is -2.34. The summed E-state index contributed by atoms with van der Waals surface area (Å²) in [6.07, 6.45) is 12.1. The smallest absolute Gasteiger partial charge is 0.184 e. The Balaban J connectivity index is 2.18. The maximum Gasteiger partial charge on any atom is 0.184 e. The Bertz CT molecular complexity index is 537. The average molecular weight is 329 g/mol. The van der Waals surface area contributed by atoms with Gasteiger partial charge in [0, 0.05) is 0 Å². The first-order chi connectivity index (χ1) is 11.0. The molecular weight excluding hydrogens is 296 g/mol. The summed E-state index contributed by atoms with van der Waals surface area (Å²) in [5.41, 5.74) is 4.51. The molecule has 0 bridgehead atoms. The fourth-order valence-corrected chi connectivity index (χ4v) is 4.49. The number of aryl methyl sites for hydroxylation is 1. The molecule has 2 rings (SSSR count). The van der Waals surface area contributed by atoms with E-state index in [1.54, 1.807) is 5.57 Å². The Hall–Kier alpha value is -1.12. The van der Waals surface area contributed by atoms with Crippen molar-refractivity contribution in [3.8, 4) is 0 Å². The molecule has 1 aromatic carbocycles. The minimum absolute atomic E-state index is 0.359. The highest BCUT2D eigenvalue weighted by Crippen LogP contribution is 2.32. The number of benzene rings is 1. The SMILES string of the molecule is C/C=C\C(CCc1ccccc1)=C1\CCCCC1O[Si](C)(C)C. The van der Waals surface area contributed by atoms with Crippen LogP contribution in [0.25, 0.3) is 0 Å². The van der Waals surface area contributed by atoms with Gasteiger partial charge in [-0.15, -0.1) is 0 Å². The van der Waals surface area contributed by atoms with Crippen LogP contribution in [0.1, 0.15) is 44.6 Å². The number of allylic oxidation sites excluding steroid dienone is 3. The molecule has 1 aliphatic rings. The first kappa shape index (κ1) is 18.2. The van der Waals surface area contributed by atoms with Crippen molar-refractivity contribution in [1.29, 1.82) is 0 Å². The molecule has 1 nitrogen and oxygen atoms in total. The van der Waals surface area contributed by atoms with Crippen LogP contribution in [0.4, 0.5) is 0 Å². The van der Waals surface area contributed by atoms with Gasteiger partial charge in [-0.05, 0) is 75.4 Å². The number of rotatable bonds is 6. The van der Waals surface area contributed by atoms with E-state index in [1.807, 2.05) is 0 Å². The van der Waals surface area contributed by atoms with Gasteiger partial charge in [0.05, 0.1) is 6.10 Å². The largest absolute Gasteiger partial charge is 0.411 e. The third-order valence-corrected chi connectivity index (χ3v) is 5.34. The molecule has 0 N–H and O–H groups in total. The van der Waals surface area contributed by atoms with Crippen LogP contribution < -0.4 is 0 Å². The van der Waals surface area contributed by atoms with Crippen molar-refractivity contribution in [2.45, 2.75) is 71.2 Å². The molecule has 1 saturated carbocycles. The summed E-state index contributed by atoms with van der Waals surface area (Å²) in [7, 11) is -1.50. The van der Waals surface area contributed by atoms with Crippen molar-refractivity contribution in [1.82, 2.24) is 0 Å². The highest BCUT2D eigenvalue weighted by molar-refractivity contribution is 6.69. The lowest BCUT2D eigenvalue weighted by molar-refractivity contribution is 0.195. The molecule has 0 amide bonds. The van der Waals surface area contributed by atoms with E-state index in [0.29, 0.717) is 6.10 Å². The van der Waals surface area contributed by atoms with E-state index in [-0.39, 0.29) is 0 Å². The Labute approximate surface area is 143 Å². The summed E-state index contributed by atoms with van der Waals surface area (Å²) in [5.74, 6) is 0. The zero-order chi connectivity index (χ0) is 16.7. The fourth-order valence-electron chi connectivity index (χ4n) is 3.38. The molecule has 1 unspecified atom stereocenters. The molecule has 1 atom stereocenters. The van der Waals surface area contributed by atoms with Crippen molar-refractivity contribution >= 4 is 8.32 Å². The Morgan fingerprint density at radius 1 is 1.17 bits per heavy atom. The van der Waals surface area contributed by atoms with Crippen molar-refractivity contribution in [2.24, 2.45) is 0 Å². The van der Waals surface area contributed by atoms with Crippen LogP contribution in [0.5, 0.6) is 0 Å². The maximum absolute atomic E-state index is 6.52. The predicted molar refractivity (Wildman–Crippen MR) is 103 cm³/mol. The molecule has 0 saturated heterocycles. The van der Waals surface area contributed by atoms with Crippen LogP contribution in [0, 0.1) is 0 Å². The average Bonchev–Trinajstić information content (AvgIpc) is 2.52. The van der Waals surface area contributed by atoms with Crippen LogP contribution in [-0.2, 0) is 10.8 Å². The summed E-state index contributed by atoms with van der Waals surface area (Å²) >= 11 is 0. The van der Waals surface area contributed by atoms with Gasteiger partial charge in [-0.2, -0.15) is 0 Å². The quantitative estimate of drug-likeness (QED) is 0.558. The highest BCUT2D eigenvalue weighted by atomic mass is 28.4. The zero-order valence-corrected chi connectivity index (χ0v) is 16.3. The van der Waals surface area contributed by atoms with E-state index >= 15 is 0 Å². The molecule has 126 valence electrons. The van der Waals surface area contributed by atoms with Crippen LogP contribution in [-0.4, -0.2) is 14.4 Å². The van der Waals surface area contributed by atoms with E-state index in [0.717, 1.165) is 12.8 Å². The van der Waals surface area contributed by atoms with Gasteiger partial charge in [0.2, 0.25) is 0 Å². The Morgan fingerprint density at radius 3 is 2.57 bits per heavy atom.